The smallest absolute Gasteiger partial charge is 0.0417 e. The van der Waals surface area contributed by atoms with E-state index in [1.54, 1.807) is 0 Å². The summed E-state index contributed by atoms with van der Waals surface area (Å²) in [5.41, 5.74) is 3.24. The Balaban J connectivity index is 5.18. The molecule has 16 heavy (non-hydrogen) atoms. The quantitative estimate of drug-likeness (QED) is 0.496. The molecule has 0 spiro atoms. The number of hydrogen-bond donors (Lipinski definition) is 2. The topological polar surface area (TPSA) is 41.3 Å². The van der Waals surface area contributed by atoms with Gasteiger partial charge < -0.3 is 0 Å². The van der Waals surface area contributed by atoms with E-state index in [0.29, 0.717) is 12.0 Å². The van der Waals surface area contributed by atoms with Gasteiger partial charge in [-0.25, -0.2) is 0 Å². The Morgan fingerprint density at radius 1 is 1.06 bits per heavy atom. The van der Waals surface area contributed by atoms with Gasteiger partial charge in [0.25, 0.3) is 0 Å². The van der Waals surface area contributed by atoms with Gasteiger partial charge in [0.1, 0.15) is 0 Å². The van der Waals surface area contributed by atoms with E-state index in [2.05, 4.69) is 51.9 Å². The van der Waals surface area contributed by atoms with E-state index < -0.39 is 0 Å². The fourth-order valence-electron chi connectivity index (χ4n) is 3.16. The Hall–Kier alpha value is -0.120. The third-order valence-electron chi connectivity index (χ3n) is 4.04. The molecular formula is C13H31N3. The molecule has 0 fully saturated rings. The van der Waals surface area contributed by atoms with Crippen molar-refractivity contribution in [2.45, 2.75) is 66.0 Å². The Labute approximate surface area is 102 Å². The van der Waals surface area contributed by atoms with Gasteiger partial charge in [0.2, 0.25) is 0 Å². The highest BCUT2D eigenvalue weighted by Crippen LogP contribution is 2.31. The minimum Gasteiger partial charge on any atom is -0.297 e. The van der Waals surface area contributed by atoms with Gasteiger partial charge in [-0.15, -0.1) is 0 Å². The Kier molecular flexibility index (Phi) is 7.20. The normalized spacial score (nSPS) is 14.8. The maximum absolute atomic E-state index is 5.78. The van der Waals surface area contributed by atoms with Crippen LogP contribution in [0.1, 0.15) is 54.4 Å². The zero-order valence-corrected chi connectivity index (χ0v) is 12.0. The predicted molar refractivity (Wildman–Crippen MR) is 72.2 cm³/mol. The van der Waals surface area contributed by atoms with Gasteiger partial charge in [-0.1, -0.05) is 41.5 Å². The summed E-state index contributed by atoms with van der Waals surface area (Å²) < 4.78 is 0. The van der Waals surface area contributed by atoms with E-state index in [0.717, 1.165) is 25.9 Å². The van der Waals surface area contributed by atoms with Crippen LogP contribution in [0.4, 0.5) is 0 Å². The highest BCUT2D eigenvalue weighted by molar-refractivity contribution is 4.99. The molecule has 3 heteroatoms. The molecule has 0 aromatic carbocycles. The second-order valence-corrected chi connectivity index (χ2v) is 4.87. The first-order valence-corrected chi connectivity index (χ1v) is 6.75. The van der Waals surface area contributed by atoms with Gasteiger partial charge in [-0.3, -0.25) is 16.2 Å². The van der Waals surface area contributed by atoms with Crippen molar-refractivity contribution in [1.82, 2.24) is 10.3 Å². The molecule has 0 rings (SSSR count). The molecule has 0 saturated carbocycles. The van der Waals surface area contributed by atoms with E-state index in [9.17, 15) is 0 Å². The van der Waals surface area contributed by atoms with Crippen LogP contribution in [0.2, 0.25) is 0 Å². The first-order valence-electron chi connectivity index (χ1n) is 6.75. The summed E-state index contributed by atoms with van der Waals surface area (Å²) >= 11 is 0. The summed E-state index contributed by atoms with van der Waals surface area (Å²) in [4.78, 5) is 2.55. The molecule has 0 amide bonds. The molecule has 0 aromatic rings. The highest BCUT2D eigenvalue weighted by Gasteiger charge is 2.40. The third-order valence-corrected chi connectivity index (χ3v) is 4.04. The molecule has 0 aromatic heterocycles. The van der Waals surface area contributed by atoms with Gasteiger partial charge in [0.15, 0.2) is 0 Å². The molecule has 0 radical (unpaired) electrons. The highest BCUT2D eigenvalue weighted by atomic mass is 15.3. The minimum atomic E-state index is 0.187. The fraction of sp³-hybridized carbons (Fsp3) is 1.00. The Bertz CT molecular complexity index is 172. The third kappa shape index (κ3) is 2.96. The molecule has 1 unspecified atom stereocenters. The van der Waals surface area contributed by atoms with Crippen molar-refractivity contribution in [3.63, 3.8) is 0 Å². The number of rotatable bonds is 8. The van der Waals surface area contributed by atoms with Crippen LogP contribution in [0.25, 0.3) is 0 Å². The Morgan fingerprint density at radius 2 is 1.50 bits per heavy atom. The van der Waals surface area contributed by atoms with Gasteiger partial charge >= 0.3 is 0 Å². The van der Waals surface area contributed by atoms with Crippen molar-refractivity contribution in [2.75, 3.05) is 13.1 Å². The van der Waals surface area contributed by atoms with Crippen LogP contribution in [-0.2, 0) is 0 Å². The summed E-state index contributed by atoms with van der Waals surface area (Å²) in [7, 11) is 0. The van der Waals surface area contributed by atoms with E-state index in [1.807, 2.05) is 0 Å². The molecule has 0 bridgehead atoms. The fourth-order valence-corrected chi connectivity index (χ4v) is 3.16. The summed E-state index contributed by atoms with van der Waals surface area (Å²) in [6, 6.07) is 0.349. The molecule has 3 N–H and O–H groups in total. The number of nitrogens with zero attached hydrogens (tertiary/aromatic N) is 1. The lowest BCUT2D eigenvalue weighted by Crippen LogP contribution is -2.64. The summed E-state index contributed by atoms with van der Waals surface area (Å²) in [5, 5.41) is 0. The van der Waals surface area contributed by atoms with E-state index in [1.165, 1.54) is 0 Å². The van der Waals surface area contributed by atoms with Crippen molar-refractivity contribution < 1.29 is 0 Å². The second-order valence-electron chi connectivity index (χ2n) is 4.87. The van der Waals surface area contributed by atoms with Crippen molar-refractivity contribution >= 4 is 0 Å². The number of nitrogens with one attached hydrogen (secondary N) is 1. The Morgan fingerprint density at radius 3 is 1.69 bits per heavy atom. The number of likely N-dealkylation sites (N-methyl/N-ethyl adjacent to an activating group) is 1. The molecular weight excluding hydrogens is 198 g/mol. The number of nitrogens with two attached hydrogens (primary N) is 1. The summed E-state index contributed by atoms with van der Waals surface area (Å²) in [6.07, 6.45) is 2.27. The van der Waals surface area contributed by atoms with Crippen molar-refractivity contribution in [2.24, 2.45) is 11.8 Å². The van der Waals surface area contributed by atoms with Crippen LogP contribution in [0, 0.1) is 5.92 Å². The maximum Gasteiger partial charge on any atom is 0.0417 e. The lowest BCUT2D eigenvalue weighted by molar-refractivity contribution is 0.0323. The molecule has 0 aliphatic carbocycles. The van der Waals surface area contributed by atoms with Gasteiger partial charge in [0.05, 0.1) is 0 Å². The summed E-state index contributed by atoms with van der Waals surface area (Å²) in [5.74, 6) is 6.33. The second kappa shape index (κ2) is 7.25. The van der Waals surface area contributed by atoms with E-state index >= 15 is 0 Å². The van der Waals surface area contributed by atoms with Crippen LogP contribution in [0.5, 0.6) is 0 Å². The first kappa shape index (κ1) is 15.9. The predicted octanol–water partition coefficient (Wildman–Crippen LogP) is 2.37. The largest absolute Gasteiger partial charge is 0.297 e. The maximum atomic E-state index is 5.78. The van der Waals surface area contributed by atoms with E-state index in [4.69, 9.17) is 5.84 Å². The zero-order valence-electron chi connectivity index (χ0n) is 12.0. The lowest BCUT2D eigenvalue weighted by atomic mass is 9.77. The molecule has 0 aliphatic heterocycles. The van der Waals surface area contributed by atoms with Gasteiger partial charge in [0, 0.05) is 11.6 Å². The van der Waals surface area contributed by atoms with Crippen molar-refractivity contribution in [3.8, 4) is 0 Å². The average Bonchev–Trinajstić information content (AvgIpc) is 2.28. The molecule has 0 aliphatic rings. The first-order chi connectivity index (χ1) is 7.53. The van der Waals surface area contributed by atoms with Gasteiger partial charge in [-0.2, -0.15) is 0 Å². The molecule has 3 nitrogen and oxygen atoms in total. The summed E-state index contributed by atoms with van der Waals surface area (Å²) in [6.45, 7) is 15.7. The number of hydrazine groups is 1. The molecule has 98 valence electrons. The van der Waals surface area contributed by atoms with Crippen LogP contribution in [-0.4, -0.2) is 29.6 Å². The number of hydrogen-bond acceptors (Lipinski definition) is 3. The minimum absolute atomic E-state index is 0.187. The van der Waals surface area contributed by atoms with E-state index in [-0.39, 0.29) is 5.54 Å². The molecule has 1 atom stereocenters. The standard InChI is InChI=1S/C13H31N3/c1-7-13(8-2,16(9-3)10-4)12(15-14)11(5)6/h11-12,15H,7-10,14H2,1-6H3. The molecule has 0 heterocycles. The average molecular weight is 229 g/mol. The van der Waals surface area contributed by atoms with Crippen LogP contribution in [0.3, 0.4) is 0 Å². The van der Waals surface area contributed by atoms with Crippen molar-refractivity contribution in [1.29, 1.82) is 0 Å². The SMILES string of the molecule is CCN(CC)C(CC)(CC)C(NN)C(C)C. The monoisotopic (exact) mass is 229 g/mol. The van der Waals surface area contributed by atoms with Crippen LogP contribution < -0.4 is 11.3 Å². The zero-order chi connectivity index (χ0) is 12.8. The van der Waals surface area contributed by atoms with Crippen molar-refractivity contribution in [3.05, 3.63) is 0 Å². The molecule has 0 saturated heterocycles. The van der Waals surface area contributed by atoms with Crippen LogP contribution in [0.15, 0.2) is 0 Å². The van der Waals surface area contributed by atoms with Crippen LogP contribution >= 0.6 is 0 Å². The van der Waals surface area contributed by atoms with Gasteiger partial charge in [-0.05, 0) is 31.8 Å². The lowest BCUT2D eigenvalue weighted by Gasteiger charge is -2.49.